The van der Waals surface area contributed by atoms with Crippen molar-refractivity contribution < 1.29 is 18.7 Å². The maximum absolute atomic E-state index is 10.7. The summed E-state index contributed by atoms with van der Waals surface area (Å²) >= 11 is 1.08. The third kappa shape index (κ3) is 3.21. The van der Waals surface area contributed by atoms with Crippen molar-refractivity contribution in [3.8, 4) is 23.0 Å². The predicted molar refractivity (Wildman–Crippen MR) is 72.8 cm³/mol. The van der Waals surface area contributed by atoms with Gasteiger partial charge in [0.05, 0.1) is 25.5 Å². The Labute approximate surface area is 119 Å². The maximum atomic E-state index is 10.7. The van der Waals surface area contributed by atoms with E-state index in [1.54, 1.807) is 25.3 Å². The van der Waals surface area contributed by atoms with Gasteiger partial charge in [0.15, 0.2) is 0 Å². The zero-order valence-electron chi connectivity index (χ0n) is 11.0. The Kier molecular flexibility index (Phi) is 4.46. The number of hydrogen-bond acceptors (Lipinski definition) is 7. The minimum atomic E-state index is -0.447. The number of rotatable bonds is 6. The fraction of sp³-hybridized carbons (Fsp3) is 0.250. The first-order chi connectivity index (χ1) is 9.63. The molecule has 8 heteroatoms. The van der Waals surface area contributed by atoms with Gasteiger partial charge >= 0.3 is 0 Å². The molecule has 106 valence electrons. The molecular weight excluding hydrogens is 282 g/mol. The van der Waals surface area contributed by atoms with Gasteiger partial charge < -0.3 is 19.6 Å². The van der Waals surface area contributed by atoms with Gasteiger partial charge in [-0.2, -0.15) is 0 Å². The Morgan fingerprint density at radius 2 is 2.15 bits per heavy atom. The van der Waals surface area contributed by atoms with Crippen LogP contribution in [0.25, 0.3) is 11.5 Å². The number of ether oxygens (including phenoxy) is 2. The smallest absolute Gasteiger partial charge is 0.277 e. The van der Waals surface area contributed by atoms with Gasteiger partial charge in [0, 0.05) is 6.07 Å². The SMILES string of the molecule is COc1ccc(-c2nnc(SCC(N)=O)o2)c(OC)c1. The molecule has 0 aliphatic rings. The van der Waals surface area contributed by atoms with Crippen LogP contribution in [0.5, 0.6) is 11.5 Å². The Morgan fingerprint density at radius 1 is 1.35 bits per heavy atom. The number of aromatic nitrogens is 2. The van der Waals surface area contributed by atoms with E-state index in [1.165, 1.54) is 7.11 Å². The third-order valence-corrected chi connectivity index (χ3v) is 3.22. The van der Waals surface area contributed by atoms with Crippen molar-refractivity contribution >= 4 is 17.7 Å². The van der Waals surface area contributed by atoms with Crippen molar-refractivity contribution in [2.75, 3.05) is 20.0 Å². The largest absolute Gasteiger partial charge is 0.497 e. The lowest BCUT2D eigenvalue weighted by Crippen LogP contribution is -2.12. The molecule has 1 aromatic carbocycles. The molecule has 0 spiro atoms. The first-order valence-corrected chi connectivity index (χ1v) is 6.59. The molecule has 20 heavy (non-hydrogen) atoms. The van der Waals surface area contributed by atoms with E-state index in [0.29, 0.717) is 23.0 Å². The summed E-state index contributed by atoms with van der Waals surface area (Å²) < 4.78 is 15.8. The lowest BCUT2D eigenvalue weighted by Gasteiger charge is -2.07. The molecule has 0 aliphatic carbocycles. The average Bonchev–Trinajstić information content (AvgIpc) is 2.93. The highest BCUT2D eigenvalue weighted by Gasteiger charge is 2.15. The maximum Gasteiger partial charge on any atom is 0.277 e. The van der Waals surface area contributed by atoms with Crippen molar-refractivity contribution in [2.45, 2.75) is 5.22 Å². The standard InChI is InChI=1S/C12H13N3O4S/c1-17-7-3-4-8(9(5-7)18-2)11-14-15-12(19-11)20-6-10(13)16/h3-5H,6H2,1-2H3,(H2,13,16). The molecule has 1 heterocycles. The molecule has 2 aromatic rings. The first kappa shape index (κ1) is 14.2. The molecular formula is C12H13N3O4S. The molecule has 7 nitrogen and oxygen atoms in total. The van der Waals surface area contributed by atoms with E-state index >= 15 is 0 Å². The molecule has 0 unspecified atom stereocenters. The fourth-order valence-electron chi connectivity index (χ4n) is 1.49. The first-order valence-electron chi connectivity index (χ1n) is 5.61. The molecule has 1 amide bonds. The van der Waals surface area contributed by atoms with Crippen LogP contribution < -0.4 is 15.2 Å². The van der Waals surface area contributed by atoms with Crippen LogP contribution in [0.15, 0.2) is 27.8 Å². The average molecular weight is 295 g/mol. The normalized spacial score (nSPS) is 10.3. The van der Waals surface area contributed by atoms with Gasteiger partial charge in [0.25, 0.3) is 11.1 Å². The van der Waals surface area contributed by atoms with E-state index in [0.717, 1.165) is 11.8 Å². The molecule has 0 aliphatic heterocycles. The Balaban J connectivity index is 2.25. The van der Waals surface area contributed by atoms with Crippen LogP contribution in [0.3, 0.4) is 0 Å². The summed E-state index contributed by atoms with van der Waals surface area (Å²) in [6.07, 6.45) is 0. The van der Waals surface area contributed by atoms with Crippen molar-refractivity contribution in [3.05, 3.63) is 18.2 Å². The summed E-state index contributed by atoms with van der Waals surface area (Å²) in [5.74, 6) is 1.16. The number of hydrogen-bond donors (Lipinski definition) is 1. The van der Waals surface area contributed by atoms with Crippen molar-refractivity contribution in [2.24, 2.45) is 5.73 Å². The van der Waals surface area contributed by atoms with Gasteiger partial charge in [-0.05, 0) is 12.1 Å². The Bertz CT molecular complexity index is 614. The number of nitrogens with two attached hydrogens (primary N) is 1. The molecule has 0 saturated heterocycles. The molecule has 0 fully saturated rings. The molecule has 0 bridgehead atoms. The summed E-state index contributed by atoms with van der Waals surface area (Å²) in [5, 5.41) is 8.03. The summed E-state index contributed by atoms with van der Waals surface area (Å²) in [5.41, 5.74) is 5.70. The second kappa shape index (κ2) is 6.29. The van der Waals surface area contributed by atoms with Gasteiger partial charge in [0.2, 0.25) is 5.91 Å². The highest BCUT2D eigenvalue weighted by molar-refractivity contribution is 7.99. The topological polar surface area (TPSA) is 100 Å². The monoisotopic (exact) mass is 295 g/mol. The van der Waals surface area contributed by atoms with Gasteiger partial charge in [0.1, 0.15) is 11.5 Å². The van der Waals surface area contributed by atoms with E-state index < -0.39 is 5.91 Å². The van der Waals surface area contributed by atoms with Crippen molar-refractivity contribution in [1.82, 2.24) is 10.2 Å². The van der Waals surface area contributed by atoms with Crippen molar-refractivity contribution in [1.29, 1.82) is 0 Å². The number of thioether (sulfide) groups is 1. The van der Waals surface area contributed by atoms with E-state index in [-0.39, 0.29) is 11.0 Å². The van der Waals surface area contributed by atoms with Crippen LogP contribution in [0.2, 0.25) is 0 Å². The van der Waals surface area contributed by atoms with Crippen LogP contribution in [-0.2, 0) is 4.79 Å². The van der Waals surface area contributed by atoms with E-state index in [9.17, 15) is 4.79 Å². The highest BCUT2D eigenvalue weighted by atomic mass is 32.2. The number of carbonyl (C=O) groups excluding carboxylic acids is 1. The molecule has 1 aromatic heterocycles. The second-order valence-corrected chi connectivity index (χ2v) is 4.62. The lowest BCUT2D eigenvalue weighted by molar-refractivity contribution is -0.115. The van der Waals surface area contributed by atoms with Gasteiger partial charge in [-0.1, -0.05) is 11.8 Å². The summed E-state index contributed by atoms with van der Waals surface area (Å²) in [7, 11) is 3.11. The number of benzene rings is 1. The van der Waals surface area contributed by atoms with Gasteiger partial charge in [-0.25, -0.2) is 0 Å². The molecule has 0 saturated carbocycles. The highest BCUT2D eigenvalue weighted by Crippen LogP contribution is 2.33. The van der Waals surface area contributed by atoms with E-state index in [2.05, 4.69) is 10.2 Å². The van der Waals surface area contributed by atoms with E-state index in [1.807, 2.05) is 0 Å². The van der Waals surface area contributed by atoms with Crippen LogP contribution in [0, 0.1) is 0 Å². The number of amides is 1. The minimum Gasteiger partial charge on any atom is -0.497 e. The lowest BCUT2D eigenvalue weighted by atomic mass is 10.2. The summed E-state index contributed by atoms with van der Waals surface area (Å²) in [6, 6.07) is 5.24. The van der Waals surface area contributed by atoms with Crippen molar-refractivity contribution in [3.63, 3.8) is 0 Å². The summed E-state index contributed by atoms with van der Waals surface area (Å²) in [4.78, 5) is 10.7. The van der Waals surface area contributed by atoms with Gasteiger partial charge in [-0.15, -0.1) is 10.2 Å². The Hall–Kier alpha value is -2.22. The van der Waals surface area contributed by atoms with Crippen LogP contribution in [0.1, 0.15) is 0 Å². The second-order valence-electron chi connectivity index (χ2n) is 3.69. The molecule has 2 N–H and O–H groups in total. The van der Waals surface area contributed by atoms with Crippen LogP contribution in [0.4, 0.5) is 0 Å². The minimum absolute atomic E-state index is 0.0847. The number of nitrogens with zero attached hydrogens (tertiary/aromatic N) is 2. The summed E-state index contributed by atoms with van der Waals surface area (Å²) in [6.45, 7) is 0. The molecule has 2 rings (SSSR count). The number of methoxy groups -OCH3 is 2. The number of primary amides is 1. The third-order valence-electron chi connectivity index (χ3n) is 2.38. The molecule has 0 atom stereocenters. The Morgan fingerprint density at radius 3 is 2.80 bits per heavy atom. The molecule has 0 radical (unpaired) electrons. The number of carbonyl (C=O) groups is 1. The van der Waals surface area contributed by atoms with Gasteiger partial charge in [-0.3, -0.25) is 4.79 Å². The predicted octanol–water partition coefficient (Wildman–Crippen LogP) is 1.33. The zero-order chi connectivity index (χ0) is 14.5. The zero-order valence-corrected chi connectivity index (χ0v) is 11.8. The van der Waals surface area contributed by atoms with E-state index in [4.69, 9.17) is 19.6 Å². The quantitative estimate of drug-likeness (QED) is 0.802. The fourth-order valence-corrected chi connectivity index (χ4v) is 1.99. The van der Waals surface area contributed by atoms with Crippen LogP contribution in [-0.4, -0.2) is 36.1 Å². The van der Waals surface area contributed by atoms with Crippen LogP contribution >= 0.6 is 11.8 Å².